The number of esters is 1. The van der Waals surface area contributed by atoms with E-state index in [4.69, 9.17) is 37.1 Å². The van der Waals surface area contributed by atoms with Crippen molar-refractivity contribution in [1.82, 2.24) is 10.2 Å². The van der Waals surface area contributed by atoms with E-state index in [9.17, 15) is 9.59 Å². The maximum atomic E-state index is 12.2. The van der Waals surface area contributed by atoms with E-state index in [2.05, 4.69) is 10.2 Å². The molecule has 0 bridgehead atoms. The van der Waals surface area contributed by atoms with Gasteiger partial charge in [0.25, 0.3) is 0 Å². The lowest BCUT2D eigenvalue weighted by Crippen LogP contribution is -2.47. The van der Waals surface area contributed by atoms with Crippen molar-refractivity contribution in [1.29, 1.82) is 0 Å². The number of benzene rings is 1. The fraction of sp³-hybridized carbons (Fsp3) is 0.429. The summed E-state index contributed by atoms with van der Waals surface area (Å²) in [5, 5.41) is 3.93. The largest absolute Gasteiger partial charge is 0.468 e. The third-order valence-corrected chi connectivity index (χ3v) is 5.38. The number of carbonyl (C=O) groups is 2. The molecule has 162 valence electrons. The minimum absolute atomic E-state index is 0.0408. The minimum Gasteiger partial charge on any atom is -0.468 e. The van der Waals surface area contributed by atoms with Gasteiger partial charge in [0.1, 0.15) is 12.0 Å². The van der Waals surface area contributed by atoms with Crippen molar-refractivity contribution < 1.29 is 23.5 Å². The molecule has 1 aliphatic heterocycles. The predicted molar refractivity (Wildman–Crippen MR) is 113 cm³/mol. The summed E-state index contributed by atoms with van der Waals surface area (Å²) in [6.07, 6.45) is 1.22. The number of halogens is 2. The topological polar surface area (TPSA) is 81.0 Å². The van der Waals surface area contributed by atoms with Gasteiger partial charge in [-0.1, -0.05) is 29.3 Å². The highest BCUT2D eigenvalue weighted by molar-refractivity contribution is 6.42. The summed E-state index contributed by atoms with van der Waals surface area (Å²) in [6.45, 7) is 5.20. The molecular weight excluding hydrogens is 431 g/mol. The third kappa shape index (κ3) is 6.47. The molecule has 0 aliphatic carbocycles. The first-order valence-corrected chi connectivity index (χ1v) is 10.5. The highest BCUT2D eigenvalue weighted by Crippen LogP contribution is 2.23. The monoisotopic (exact) mass is 454 g/mol. The molecule has 30 heavy (non-hydrogen) atoms. The summed E-state index contributed by atoms with van der Waals surface area (Å²) >= 11 is 12.1. The second-order valence-electron chi connectivity index (χ2n) is 6.98. The molecular formula is C21H24Cl2N2O5. The Morgan fingerprint density at radius 2 is 2.10 bits per heavy atom. The number of hydrogen-bond donors (Lipinski definition) is 1. The van der Waals surface area contributed by atoms with Gasteiger partial charge in [-0.2, -0.15) is 0 Å². The van der Waals surface area contributed by atoms with Gasteiger partial charge in [0.2, 0.25) is 5.91 Å². The molecule has 1 saturated heterocycles. The van der Waals surface area contributed by atoms with Crippen LogP contribution in [0.15, 0.2) is 34.9 Å². The lowest BCUT2D eigenvalue weighted by atomic mass is 10.2. The maximum Gasteiger partial charge on any atom is 0.341 e. The van der Waals surface area contributed by atoms with Gasteiger partial charge in [-0.25, -0.2) is 4.79 Å². The predicted octanol–water partition coefficient (Wildman–Crippen LogP) is 3.32. The number of amides is 1. The summed E-state index contributed by atoms with van der Waals surface area (Å²) in [5.41, 5.74) is 1.37. The van der Waals surface area contributed by atoms with Crippen molar-refractivity contribution in [2.75, 3.05) is 32.8 Å². The Kier molecular flexibility index (Phi) is 8.16. The Morgan fingerprint density at radius 3 is 2.87 bits per heavy atom. The van der Waals surface area contributed by atoms with E-state index in [-0.39, 0.29) is 25.0 Å². The highest BCUT2D eigenvalue weighted by atomic mass is 35.5. The molecule has 1 atom stereocenters. The Labute approximate surface area is 185 Å². The van der Waals surface area contributed by atoms with Crippen LogP contribution in [0.2, 0.25) is 10.0 Å². The number of nitrogens with one attached hydrogen (secondary N) is 1. The van der Waals surface area contributed by atoms with E-state index < -0.39 is 5.97 Å². The summed E-state index contributed by atoms with van der Waals surface area (Å²) < 4.78 is 15.9. The quantitative estimate of drug-likeness (QED) is 0.616. The van der Waals surface area contributed by atoms with E-state index in [1.54, 1.807) is 13.0 Å². The number of ether oxygens (including phenoxy) is 2. The number of nitrogens with zero attached hydrogens (tertiary/aromatic N) is 1. The van der Waals surface area contributed by atoms with Crippen molar-refractivity contribution in [2.24, 2.45) is 0 Å². The van der Waals surface area contributed by atoms with Crippen molar-refractivity contribution in [3.8, 4) is 0 Å². The van der Waals surface area contributed by atoms with Crippen molar-refractivity contribution >= 4 is 35.1 Å². The molecule has 3 rings (SSSR count). The second kappa shape index (κ2) is 10.8. The lowest BCUT2D eigenvalue weighted by molar-refractivity contribution is -0.121. The van der Waals surface area contributed by atoms with Crippen LogP contribution in [-0.4, -0.2) is 55.7 Å². The number of carbonyl (C=O) groups excluding carboxylic acids is 2. The van der Waals surface area contributed by atoms with Crippen LogP contribution in [0.1, 0.15) is 28.6 Å². The van der Waals surface area contributed by atoms with Crippen LogP contribution >= 0.6 is 23.2 Å². The van der Waals surface area contributed by atoms with Gasteiger partial charge in [-0.15, -0.1) is 0 Å². The van der Waals surface area contributed by atoms with Crippen LogP contribution in [-0.2, 0) is 27.2 Å². The van der Waals surface area contributed by atoms with Crippen LogP contribution in [0.3, 0.4) is 0 Å². The normalized spacial score (nSPS) is 17.0. The van der Waals surface area contributed by atoms with Crippen LogP contribution in [0.4, 0.5) is 0 Å². The number of furan rings is 1. The molecule has 1 aromatic heterocycles. The van der Waals surface area contributed by atoms with Crippen molar-refractivity contribution in [3.05, 3.63) is 57.5 Å². The van der Waals surface area contributed by atoms with Gasteiger partial charge in [0.05, 0.1) is 41.3 Å². The number of morpholine rings is 1. The smallest absolute Gasteiger partial charge is 0.341 e. The van der Waals surface area contributed by atoms with Gasteiger partial charge in [-0.3, -0.25) is 9.69 Å². The summed E-state index contributed by atoms with van der Waals surface area (Å²) in [6, 6.07) is 7.13. The Bertz CT molecular complexity index is 886. The zero-order valence-corrected chi connectivity index (χ0v) is 18.2. The van der Waals surface area contributed by atoms with Gasteiger partial charge < -0.3 is 19.2 Å². The molecule has 1 fully saturated rings. The molecule has 2 aromatic rings. The van der Waals surface area contributed by atoms with Crippen LogP contribution in [0, 0.1) is 0 Å². The van der Waals surface area contributed by atoms with Crippen molar-refractivity contribution in [3.63, 3.8) is 0 Å². The van der Waals surface area contributed by atoms with E-state index in [0.717, 1.165) is 18.7 Å². The van der Waals surface area contributed by atoms with E-state index >= 15 is 0 Å². The molecule has 2 heterocycles. The Hall–Kier alpha value is -2.06. The minimum atomic E-state index is -0.467. The fourth-order valence-corrected chi connectivity index (χ4v) is 3.51. The molecule has 1 aromatic carbocycles. The summed E-state index contributed by atoms with van der Waals surface area (Å²) in [7, 11) is 0. The van der Waals surface area contributed by atoms with Gasteiger partial charge in [0, 0.05) is 26.2 Å². The average Bonchev–Trinajstić information content (AvgIpc) is 3.18. The standard InChI is InChI=1S/C21H24Cl2N2O5/c1-2-28-21(27)15-8-16(30-13-15)9-20(26)24-10-17-12-25(5-6-29-17)11-14-3-4-18(22)19(23)7-14/h3-4,7-8,13,17H,2,5-6,9-12H2,1H3,(H,24,26)/t17-/m0/s1. The molecule has 0 spiro atoms. The van der Waals surface area contributed by atoms with E-state index in [1.165, 1.54) is 12.3 Å². The van der Waals surface area contributed by atoms with Gasteiger partial charge in [0.15, 0.2) is 0 Å². The zero-order valence-electron chi connectivity index (χ0n) is 16.7. The molecule has 9 heteroatoms. The second-order valence-corrected chi connectivity index (χ2v) is 7.79. The highest BCUT2D eigenvalue weighted by Gasteiger charge is 2.22. The first-order valence-electron chi connectivity index (χ1n) is 9.73. The molecule has 1 amide bonds. The Morgan fingerprint density at radius 1 is 1.27 bits per heavy atom. The third-order valence-electron chi connectivity index (χ3n) is 4.64. The maximum absolute atomic E-state index is 12.2. The van der Waals surface area contributed by atoms with Crippen LogP contribution < -0.4 is 5.32 Å². The molecule has 0 unspecified atom stereocenters. The molecule has 0 saturated carbocycles. The van der Waals surface area contributed by atoms with Gasteiger partial charge >= 0.3 is 5.97 Å². The zero-order chi connectivity index (χ0) is 21.5. The molecule has 1 aliphatic rings. The SMILES string of the molecule is CCOC(=O)c1coc(CC(=O)NC[C@H]2CN(Cc3ccc(Cl)c(Cl)c3)CCO2)c1. The van der Waals surface area contributed by atoms with E-state index in [1.807, 2.05) is 12.1 Å². The number of hydrogen-bond acceptors (Lipinski definition) is 6. The molecule has 7 nitrogen and oxygen atoms in total. The number of rotatable bonds is 8. The molecule has 0 radical (unpaired) electrons. The summed E-state index contributed by atoms with van der Waals surface area (Å²) in [4.78, 5) is 26.1. The summed E-state index contributed by atoms with van der Waals surface area (Å²) in [5.74, 6) is -0.267. The van der Waals surface area contributed by atoms with E-state index in [0.29, 0.717) is 41.1 Å². The van der Waals surface area contributed by atoms with Crippen LogP contribution in [0.5, 0.6) is 0 Å². The average molecular weight is 455 g/mol. The fourth-order valence-electron chi connectivity index (χ4n) is 3.19. The van der Waals surface area contributed by atoms with Gasteiger partial charge in [-0.05, 0) is 30.7 Å². The first-order chi connectivity index (χ1) is 14.4. The Balaban J connectivity index is 1.44. The lowest BCUT2D eigenvalue weighted by Gasteiger charge is -2.33. The van der Waals surface area contributed by atoms with Crippen LogP contribution in [0.25, 0.3) is 0 Å². The molecule has 1 N–H and O–H groups in total. The first kappa shape index (κ1) is 22.6. The van der Waals surface area contributed by atoms with Crippen molar-refractivity contribution in [2.45, 2.75) is 26.0 Å².